The molecule has 0 aliphatic carbocycles. The summed E-state index contributed by atoms with van der Waals surface area (Å²) >= 11 is 0. The molecule has 0 saturated carbocycles. The number of carbonyl (C=O) groups excluding carboxylic acids is 1. The smallest absolute Gasteiger partial charge is 0.261 e. The first kappa shape index (κ1) is 22.7. The number of benzene rings is 2. The van der Waals surface area contributed by atoms with Crippen molar-refractivity contribution in [2.75, 3.05) is 32.4 Å². The van der Waals surface area contributed by atoms with Gasteiger partial charge in [-0.1, -0.05) is 30.3 Å². The van der Waals surface area contributed by atoms with Crippen molar-refractivity contribution in [2.24, 2.45) is 0 Å². The Morgan fingerprint density at radius 3 is 2.16 bits per heavy atom. The molecule has 3 aromatic rings. The molecule has 0 atom stereocenters. The molecule has 0 radical (unpaired) electrons. The number of piperazine rings is 1. The molecule has 2 aromatic carbocycles. The molecule has 1 N–H and O–H groups in total. The zero-order valence-corrected chi connectivity index (χ0v) is 18.1. The van der Waals surface area contributed by atoms with Gasteiger partial charge in [-0.05, 0) is 29.8 Å². The number of amides is 1. The first-order chi connectivity index (χ1) is 14.8. The Balaban J connectivity index is 0.000000491. The van der Waals surface area contributed by atoms with Crippen molar-refractivity contribution in [3.05, 3.63) is 84.4 Å². The molecule has 0 unspecified atom stereocenters. The summed E-state index contributed by atoms with van der Waals surface area (Å²) < 4.78 is 27.8. The number of carbonyl (C=O) groups is 1. The van der Waals surface area contributed by atoms with Gasteiger partial charge in [-0.15, -0.1) is 0 Å². The molecule has 0 bridgehead atoms. The second-order valence-electron chi connectivity index (χ2n) is 7.30. The van der Waals surface area contributed by atoms with Gasteiger partial charge in [0.1, 0.15) is 0 Å². The van der Waals surface area contributed by atoms with Crippen LogP contribution in [-0.4, -0.2) is 70.7 Å². The fourth-order valence-electron chi connectivity index (χ4n) is 3.32. The maximum Gasteiger partial charge on any atom is 0.261 e. The van der Waals surface area contributed by atoms with Gasteiger partial charge < -0.3 is 9.47 Å². The molecule has 164 valence electrons. The van der Waals surface area contributed by atoms with Crippen molar-refractivity contribution in [1.29, 1.82) is 0 Å². The summed E-state index contributed by atoms with van der Waals surface area (Å²) in [6.07, 6.45) is 6.10. The molecule has 9 heteroatoms. The fourth-order valence-corrected chi connectivity index (χ4v) is 3.32. The highest BCUT2D eigenvalue weighted by Crippen LogP contribution is 2.14. The van der Waals surface area contributed by atoms with Gasteiger partial charge in [-0.2, -0.15) is 8.42 Å². The van der Waals surface area contributed by atoms with E-state index >= 15 is 0 Å². The molecule has 8 nitrogen and oxygen atoms in total. The minimum atomic E-state index is -3.67. The van der Waals surface area contributed by atoms with Crippen LogP contribution < -0.4 is 0 Å². The van der Waals surface area contributed by atoms with E-state index in [0.29, 0.717) is 6.26 Å². The second kappa shape index (κ2) is 10.3. The summed E-state index contributed by atoms with van der Waals surface area (Å²) in [6, 6.07) is 18.2. The number of imidazole rings is 1. The summed E-state index contributed by atoms with van der Waals surface area (Å²) in [5.74, 6) is 0.113. The highest BCUT2D eigenvalue weighted by atomic mass is 32.2. The molecule has 1 aliphatic rings. The summed E-state index contributed by atoms with van der Waals surface area (Å²) in [4.78, 5) is 21.2. The first-order valence-electron chi connectivity index (χ1n) is 9.86. The third-order valence-corrected chi connectivity index (χ3v) is 4.83. The van der Waals surface area contributed by atoms with Crippen molar-refractivity contribution in [3.63, 3.8) is 0 Å². The van der Waals surface area contributed by atoms with Gasteiger partial charge in [0.05, 0.1) is 12.6 Å². The standard InChI is InChI=1S/C21H22N4O.CH4O3S/c26-21(19-6-8-20(9-7-19)25-11-10-22-17-25)24-14-12-23(13-15-24)16-18-4-2-1-3-5-18;1-5(2,3)4/h1-11,17H,12-16H2;1H3,(H,2,3,4). The van der Waals surface area contributed by atoms with Crippen LogP contribution in [0.3, 0.4) is 0 Å². The Morgan fingerprint density at radius 2 is 1.61 bits per heavy atom. The average Bonchev–Trinajstić information content (AvgIpc) is 3.28. The Morgan fingerprint density at radius 1 is 1.00 bits per heavy atom. The zero-order chi connectivity index (χ0) is 22.3. The maximum atomic E-state index is 12.8. The van der Waals surface area contributed by atoms with Crippen LogP contribution in [0, 0.1) is 0 Å². The molecule has 4 rings (SSSR count). The lowest BCUT2D eigenvalue weighted by Crippen LogP contribution is -2.48. The third-order valence-electron chi connectivity index (χ3n) is 4.83. The predicted molar refractivity (Wildman–Crippen MR) is 119 cm³/mol. The predicted octanol–water partition coefficient (Wildman–Crippen LogP) is 2.33. The molecule has 0 spiro atoms. The Labute approximate surface area is 182 Å². The van der Waals surface area contributed by atoms with E-state index < -0.39 is 10.1 Å². The maximum absolute atomic E-state index is 12.8. The van der Waals surface area contributed by atoms with Crippen LogP contribution in [-0.2, 0) is 16.7 Å². The lowest BCUT2D eigenvalue weighted by atomic mass is 10.1. The lowest BCUT2D eigenvalue weighted by Gasteiger charge is -2.34. The minimum Gasteiger partial charge on any atom is -0.336 e. The minimum absolute atomic E-state index is 0.113. The summed E-state index contributed by atoms with van der Waals surface area (Å²) in [5.41, 5.74) is 3.07. The molecular formula is C22H26N4O4S. The largest absolute Gasteiger partial charge is 0.336 e. The van der Waals surface area contributed by atoms with Gasteiger partial charge in [-0.25, -0.2) is 4.98 Å². The highest BCUT2D eigenvalue weighted by Gasteiger charge is 2.22. The van der Waals surface area contributed by atoms with Gasteiger partial charge >= 0.3 is 0 Å². The third kappa shape index (κ3) is 7.32. The van der Waals surface area contributed by atoms with Crippen LogP contribution >= 0.6 is 0 Å². The topological polar surface area (TPSA) is 95.7 Å². The average molecular weight is 443 g/mol. The van der Waals surface area contributed by atoms with E-state index in [1.807, 2.05) is 46.0 Å². The van der Waals surface area contributed by atoms with Crippen LogP contribution in [0.15, 0.2) is 73.3 Å². The lowest BCUT2D eigenvalue weighted by molar-refractivity contribution is 0.0628. The zero-order valence-electron chi connectivity index (χ0n) is 17.3. The van der Waals surface area contributed by atoms with Crippen molar-refractivity contribution in [1.82, 2.24) is 19.4 Å². The van der Waals surface area contributed by atoms with Gasteiger partial charge in [0.2, 0.25) is 0 Å². The Bertz CT molecular complexity index is 1050. The molecule has 1 saturated heterocycles. The van der Waals surface area contributed by atoms with E-state index in [9.17, 15) is 13.2 Å². The highest BCUT2D eigenvalue weighted by molar-refractivity contribution is 7.85. The van der Waals surface area contributed by atoms with E-state index in [0.717, 1.165) is 44.0 Å². The molecule has 1 aliphatic heterocycles. The number of hydrogen-bond acceptors (Lipinski definition) is 5. The number of aromatic nitrogens is 2. The first-order valence-corrected chi connectivity index (χ1v) is 11.7. The van der Waals surface area contributed by atoms with E-state index in [4.69, 9.17) is 4.55 Å². The van der Waals surface area contributed by atoms with Gasteiger partial charge in [0.15, 0.2) is 0 Å². The summed E-state index contributed by atoms with van der Waals surface area (Å²) in [7, 11) is -3.67. The van der Waals surface area contributed by atoms with Crippen molar-refractivity contribution in [2.45, 2.75) is 6.54 Å². The molecule has 31 heavy (non-hydrogen) atoms. The van der Waals surface area contributed by atoms with Gasteiger partial charge in [-0.3, -0.25) is 14.2 Å². The van der Waals surface area contributed by atoms with E-state index in [1.54, 1.807) is 12.5 Å². The van der Waals surface area contributed by atoms with Crippen LogP contribution in [0.5, 0.6) is 0 Å². The van der Waals surface area contributed by atoms with Crippen LogP contribution in [0.25, 0.3) is 5.69 Å². The van der Waals surface area contributed by atoms with E-state index in [-0.39, 0.29) is 5.91 Å². The van der Waals surface area contributed by atoms with E-state index in [1.165, 1.54) is 5.56 Å². The number of rotatable bonds is 4. The van der Waals surface area contributed by atoms with Crippen molar-refractivity contribution >= 4 is 16.0 Å². The Kier molecular flexibility index (Phi) is 7.56. The summed E-state index contributed by atoms with van der Waals surface area (Å²) in [5, 5.41) is 0. The van der Waals surface area contributed by atoms with Crippen LogP contribution in [0.4, 0.5) is 0 Å². The normalized spacial score (nSPS) is 14.6. The van der Waals surface area contributed by atoms with Gasteiger partial charge in [0, 0.05) is 56.4 Å². The monoisotopic (exact) mass is 442 g/mol. The summed E-state index contributed by atoms with van der Waals surface area (Å²) in [6.45, 7) is 4.31. The fraction of sp³-hybridized carbons (Fsp3) is 0.273. The van der Waals surface area contributed by atoms with Crippen LogP contribution in [0.1, 0.15) is 15.9 Å². The van der Waals surface area contributed by atoms with Gasteiger partial charge in [0.25, 0.3) is 16.0 Å². The number of nitrogens with zero attached hydrogens (tertiary/aromatic N) is 4. The molecular weight excluding hydrogens is 416 g/mol. The van der Waals surface area contributed by atoms with Crippen LogP contribution in [0.2, 0.25) is 0 Å². The van der Waals surface area contributed by atoms with Crippen molar-refractivity contribution < 1.29 is 17.8 Å². The quantitative estimate of drug-likeness (QED) is 0.623. The van der Waals surface area contributed by atoms with E-state index in [2.05, 4.69) is 34.1 Å². The Hall–Kier alpha value is -3.01. The molecule has 1 fully saturated rings. The second-order valence-corrected chi connectivity index (χ2v) is 8.77. The molecule has 2 heterocycles. The SMILES string of the molecule is CS(=O)(=O)O.O=C(c1ccc(-n2ccnc2)cc1)N1CCN(Cc2ccccc2)CC1. The number of hydrogen-bond donors (Lipinski definition) is 1. The van der Waals surface area contributed by atoms with Crippen molar-refractivity contribution in [3.8, 4) is 5.69 Å². The molecule has 1 amide bonds. The molecule has 1 aromatic heterocycles.